The van der Waals surface area contributed by atoms with Crippen LogP contribution in [0.25, 0.3) is 0 Å². The molecule has 3 rings (SSSR count). The molecule has 0 saturated carbocycles. The fraction of sp³-hybridized carbons (Fsp3) is 0.308. The predicted octanol–water partition coefficient (Wildman–Crippen LogP) is 1.66. The molecule has 0 aliphatic carbocycles. The van der Waals surface area contributed by atoms with E-state index in [0.717, 1.165) is 29.8 Å². The van der Waals surface area contributed by atoms with Crippen LogP contribution >= 0.6 is 11.6 Å². The Morgan fingerprint density at radius 2 is 2.26 bits per heavy atom. The molecule has 0 saturated heterocycles. The zero-order valence-corrected chi connectivity index (χ0v) is 10.9. The van der Waals surface area contributed by atoms with Gasteiger partial charge in [0.05, 0.1) is 12.2 Å². The van der Waals surface area contributed by atoms with Crippen molar-refractivity contribution in [3.63, 3.8) is 0 Å². The zero-order chi connectivity index (χ0) is 13.4. The first kappa shape index (κ1) is 12.4. The highest BCUT2D eigenvalue weighted by atomic mass is 35.5. The fourth-order valence-electron chi connectivity index (χ4n) is 2.34. The Kier molecular flexibility index (Phi) is 3.16. The average Bonchev–Trinajstić information content (AvgIpc) is 2.70. The summed E-state index contributed by atoms with van der Waals surface area (Å²) >= 11 is 5.98. The molecule has 19 heavy (non-hydrogen) atoms. The van der Waals surface area contributed by atoms with E-state index in [1.165, 1.54) is 16.8 Å². The van der Waals surface area contributed by atoms with Crippen molar-refractivity contribution in [1.29, 1.82) is 0 Å². The molecule has 2 N–H and O–H groups in total. The number of hydrogen-bond donors (Lipinski definition) is 2. The highest BCUT2D eigenvalue weighted by Gasteiger charge is 2.17. The summed E-state index contributed by atoms with van der Waals surface area (Å²) in [6.07, 6.45) is 0.731. The average molecular weight is 282 g/mol. The lowest BCUT2D eigenvalue weighted by Crippen LogP contribution is -2.26. The first-order valence-electron chi connectivity index (χ1n) is 6.10. The summed E-state index contributed by atoms with van der Waals surface area (Å²) in [5.41, 5.74) is 2.46. The molecule has 1 aliphatic heterocycles. The highest BCUT2D eigenvalue weighted by molar-refractivity contribution is 6.31. The third-order valence-electron chi connectivity index (χ3n) is 3.33. The van der Waals surface area contributed by atoms with Crippen LogP contribution in [0.4, 0.5) is 4.39 Å². The Morgan fingerprint density at radius 3 is 3.00 bits per heavy atom. The summed E-state index contributed by atoms with van der Waals surface area (Å²) < 4.78 is 14.5. The second-order valence-corrected chi connectivity index (χ2v) is 5.03. The van der Waals surface area contributed by atoms with Crippen LogP contribution in [-0.4, -0.2) is 16.3 Å². The van der Waals surface area contributed by atoms with E-state index in [2.05, 4.69) is 10.4 Å². The minimum atomic E-state index is -0.379. The molecule has 0 atom stereocenters. The van der Waals surface area contributed by atoms with Gasteiger partial charge in [-0.25, -0.2) is 9.07 Å². The number of benzene rings is 1. The number of halogens is 2. The van der Waals surface area contributed by atoms with Gasteiger partial charge < -0.3 is 5.32 Å². The Morgan fingerprint density at radius 1 is 1.42 bits per heavy atom. The standard InChI is InChI=1S/C13H13ClFN3O/c14-11-5-9(15)2-1-8(11)7-18-13(19)10-3-4-16-6-12(10)17-18/h1-2,5,16-17H,3-4,6-7H2. The second-order valence-electron chi connectivity index (χ2n) is 4.62. The van der Waals surface area contributed by atoms with Crippen LogP contribution in [-0.2, 0) is 19.5 Å². The van der Waals surface area contributed by atoms with Crippen LogP contribution in [0.15, 0.2) is 23.0 Å². The topological polar surface area (TPSA) is 49.8 Å². The molecule has 1 aromatic heterocycles. The third kappa shape index (κ3) is 2.31. The quantitative estimate of drug-likeness (QED) is 0.880. The molecule has 0 amide bonds. The lowest BCUT2D eigenvalue weighted by Gasteiger charge is -2.09. The summed E-state index contributed by atoms with van der Waals surface area (Å²) in [7, 11) is 0. The Hall–Kier alpha value is -1.59. The van der Waals surface area contributed by atoms with Crippen LogP contribution in [0.1, 0.15) is 16.8 Å². The summed E-state index contributed by atoms with van der Waals surface area (Å²) in [5.74, 6) is -0.379. The summed E-state index contributed by atoms with van der Waals surface area (Å²) in [4.78, 5) is 12.2. The second kappa shape index (κ2) is 4.83. The van der Waals surface area contributed by atoms with Gasteiger partial charge in [-0.3, -0.25) is 9.89 Å². The van der Waals surface area contributed by atoms with Gasteiger partial charge in [0.25, 0.3) is 5.56 Å². The van der Waals surface area contributed by atoms with Crippen LogP contribution in [0.2, 0.25) is 5.02 Å². The van der Waals surface area contributed by atoms with Crippen molar-refractivity contribution in [3.8, 4) is 0 Å². The van der Waals surface area contributed by atoms with Gasteiger partial charge in [0.15, 0.2) is 0 Å². The van der Waals surface area contributed by atoms with Gasteiger partial charge in [-0.1, -0.05) is 17.7 Å². The molecule has 0 fully saturated rings. The largest absolute Gasteiger partial charge is 0.311 e. The van der Waals surface area contributed by atoms with Crippen LogP contribution in [0.5, 0.6) is 0 Å². The molecule has 100 valence electrons. The molecular formula is C13H13ClFN3O. The van der Waals surface area contributed by atoms with Gasteiger partial charge in [0.1, 0.15) is 5.82 Å². The maximum Gasteiger partial charge on any atom is 0.270 e. The molecule has 1 aliphatic rings. The van der Waals surface area contributed by atoms with E-state index in [-0.39, 0.29) is 11.4 Å². The summed E-state index contributed by atoms with van der Waals surface area (Å²) in [6, 6.07) is 4.20. The molecule has 2 heterocycles. The monoisotopic (exact) mass is 281 g/mol. The van der Waals surface area contributed by atoms with Crippen molar-refractivity contribution in [2.75, 3.05) is 6.54 Å². The predicted molar refractivity (Wildman–Crippen MR) is 71.0 cm³/mol. The molecule has 6 heteroatoms. The zero-order valence-electron chi connectivity index (χ0n) is 10.2. The number of aromatic nitrogens is 2. The number of nitrogens with one attached hydrogen (secondary N) is 2. The molecule has 0 radical (unpaired) electrons. The van der Waals surface area contributed by atoms with Crippen molar-refractivity contribution in [3.05, 3.63) is 56.2 Å². The number of hydrogen-bond acceptors (Lipinski definition) is 2. The SMILES string of the molecule is O=c1c2c([nH]n1Cc1ccc(F)cc1Cl)CNCC2. The number of aromatic amines is 1. The van der Waals surface area contributed by atoms with E-state index >= 15 is 0 Å². The smallest absolute Gasteiger partial charge is 0.270 e. The van der Waals surface area contributed by atoms with E-state index < -0.39 is 0 Å². The number of nitrogens with zero attached hydrogens (tertiary/aromatic N) is 1. The van der Waals surface area contributed by atoms with E-state index in [1.54, 1.807) is 6.07 Å². The van der Waals surface area contributed by atoms with Crippen LogP contribution in [0.3, 0.4) is 0 Å². The van der Waals surface area contributed by atoms with Gasteiger partial charge in [-0.05, 0) is 30.7 Å². The van der Waals surface area contributed by atoms with Crippen molar-refractivity contribution in [1.82, 2.24) is 15.1 Å². The van der Waals surface area contributed by atoms with Crippen molar-refractivity contribution < 1.29 is 4.39 Å². The molecule has 0 spiro atoms. The van der Waals surface area contributed by atoms with E-state index in [9.17, 15) is 9.18 Å². The Balaban J connectivity index is 1.95. The summed E-state index contributed by atoms with van der Waals surface area (Å²) in [5, 5.41) is 6.62. The van der Waals surface area contributed by atoms with Gasteiger partial charge >= 0.3 is 0 Å². The number of rotatable bonds is 2. The third-order valence-corrected chi connectivity index (χ3v) is 3.69. The first-order valence-corrected chi connectivity index (χ1v) is 6.48. The Bertz CT molecular complexity index is 677. The van der Waals surface area contributed by atoms with Crippen molar-refractivity contribution in [2.24, 2.45) is 0 Å². The van der Waals surface area contributed by atoms with E-state index in [4.69, 9.17) is 11.6 Å². The molecule has 0 unspecified atom stereocenters. The normalized spacial score (nSPS) is 14.4. The van der Waals surface area contributed by atoms with Gasteiger partial charge in [0.2, 0.25) is 0 Å². The maximum atomic E-state index is 13.0. The molecule has 1 aromatic carbocycles. The van der Waals surface area contributed by atoms with Crippen molar-refractivity contribution >= 4 is 11.6 Å². The Labute approximate surface area is 114 Å². The van der Waals surface area contributed by atoms with Gasteiger partial charge in [-0.2, -0.15) is 0 Å². The van der Waals surface area contributed by atoms with Crippen LogP contribution in [0, 0.1) is 5.82 Å². The lowest BCUT2D eigenvalue weighted by molar-refractivity contribution is 0.610. The minimum Gasteiger partial charge on any atom is -0.311 e. The molecule has 2 aromatic rings. The van der Waals surface area contributed by atoms with Gasteiger partial charge in [0, 0.05) is 17.1 Å². The fourth-order valence-corrected chi connectivity index (χ4v) is 2.56. The lowest BCUT2D eigenvalue weighted by atomic mass is 10.1. The maximum absolute atomic E-state index is 13.0. The minimum absolute atomic E-state index is 0.0168. The molecular weight excluding hydrogens is 269 g/mol. The van der Waals surface area contributed by atoms with Crippen molar-refractivity contribution in [2.45, 2.75) is 19.5 Å². The van der Waals surface area contributed by atoms with E-state index in [0.29, 0.717) is 18.1 Å². The highest BCUT2D eigenvalue weighted by Crippen LogP contribution is 2.18. The summed E-state index contributed by atoms with van der Waals surface area (Å²) in [6.45, 7) is 1.82. The van der Waals surface area contributed by atoms with Crippen LogP contribution < -0.4 is 10.9 Å². The first-order chi connectivity index (χ1) is 9.15. The number of H-pyrrole nitrogens is 1. The molecule has 0 bridgehead atoms. The molecule has 4 nitrogen and oxygen atoms in total. The number of fused-ring (bicyclic) bond motifs is 1. The van der Waals surface area contributed by atoms with E-state index in [1.807, 2.05) is 0 Å². The van der Waals surface area contributed by atoms with Gasteiger partial charge in [-0.15, -0.1) is 0 Å².